The van der Waals surface area contributed by atoms with Crippen molar-refractivity contribution in [2.45, 2.75) is 6.92 Å². The average molecular weight is 524 g/mol. The second kappa shape index (κ2) is 9.78. The molecule has 116 valence electrons. The number of ether oxygens (including phenoxy) is 1. The molecule has 0 aromatic heterocycles. The van der Waals surface area contributed by atoms with Crippen molar-refractivity contribution in [1.82, 2.24) is 0 Å². The molecule has 0 amide bonds. The number of aromatic carboxylic acids is 1. The molecule has 2 aromatic carbocycles. The van der Waals surface area contributed by atoms with Gasteiger partial charge in [-0.2, -0.15) is 0 Å². The first-order valence-electron chi connectivity index (χ1n) is 6.36. The Morgan fingerprint density at radius 3 is 2.09 bits per heavy atom. The summed E-state index contributed by atoms with van der Waals surface area (Å²) < 4.78 is 6.71. The van der Waals surface area contributed by atoms with Crippen molar-refractivity contribution < 1.29 is 19.4 Å². The van der Waals surface area contributed by atoms with E-state index in [4.69, 9.17) is 9.84 Å². The van der Waals surface area contributed by atoms with Gasteiger partial charge in [-0.25, -0.2) is 9.59 Å². The number of carbonyl (C=O) groups is 2. The van der Waals surface area contributed by atoms with Gasteiger partial charge in [-0.1, -0.05) is 12.1 Å². The first kappa shape index (κ1) is 18.9. The molecule has 0 aliphatic heterocycles. The molecule has 0 saturated carbocycles. The molecular weight excluding hydrogens is 510 g/mol. The molecule has 0 saturated heterocycles. The van der Waals surface area contributed by atoms with Crippen LogP contribution in [0.15, 0.2) is 48.5 Å². The number of carboxylic acid groups (broad SMARTS) is 1. The quantitative estimate of drug-likeness (QED) is 0.476. The Bertz CT molecular complexity index is 639. The summed E-state index contributed by atoms with van der Waals surface area (Å²) in [6.07, 6.45) is 0. The number of hydrogen-bond donors (Lipinski definition) is 1. The third-order valence-electron chi connectivity index (χ3n) is 2.46. The van der Waals surface area contributed by atoms with Gasteiger partial charge in [0.2, 0.25) is 0 Å². The van der Waals surface area contributed by atoms with Crippen molar-refractivity contribution >= 4 is 57.1 Å². The van der Waals surface area contributed by atoms with E-state index in [1.165, 1.54) is 0 Å². The fourth-order valence-corrected chi connectivity index (χ4v) is 2.41. The lowest BCUT2D eigenvalue weighted by atomic mass is 10.2. The van der Waals surface area contributed by atoms with E-state index in [0.717, 1.165) is 7.14 Å². The Labute approximate surface area is 156 Å². The van der Waals surface area contributed by atoms with Crippen LogP contribution < -0.4 is 0 Å². The summed E-state index contributed by atoms with van der Waals surface area (Å²) in [5.74, 6) is -1.13. The van der Waals surface area contributed by atoms with Crippen LogP contribution in [0.3, 0.4) is 0 Å². The molecule has 1 N–H and O–H groups in total. The molecule has 0 aliphatic carbocycles. The highest BCUT2D eigenvalue weighted by molar-refractivity contribution is 14.1. The summed E-state index contributed by atoms with van der Waals surface area (Å²) in [7, 11) is 0. The largest absolute Gasteiger partial charge is 0.478 e. The van der Waals surface area contributed by atoms with E-state index in [9.17, 15) is 9.59 Å². The van der Waals surface area contributed by atoms with Crippen molar-refractivity contribution in [3.05, 3.63) is 66.8 Å². The van der Waals surface area contributed by atoms with Crippen LogP contribution in [-0.2, 0) is 4.74 Å². The summed E-state index contributed by atoms with van der Waals surface area (Å²) >= 11 is 4.18. The molecule has 22 heavy (non-hydrogen) atoms. The van der Waals surface area contributed by atoms with E-state index in [1.54, 1.807) is 37.3 Å². The van der Waals surface area contributed by atoms with E-state index in [2.05, 4.69) is 22.6 Å². The molecule has 2 aromatic rings. The second-order valence-electron chi connectivity index (χ2n) is 4.01. The Morgan fingerprint density at radius 2 is 1.64 bits per heavy atom. The molecule has 0 radical (unpaired) electrons. The third kappa shape index (κ3) is 6.30. The zero-order chi connectivity index (χ0) is 16.5. The van der Waals surface area contributed by atoms with E-state index < -0.39 is 5.97 Å². The maximum absolute atomic E-state index is 11.1. The molecule has 0 spiro atoms. The highest BCUT2D eigenvalue weighted by atomic mass is 127. The molecule has 4 nitrogen and oxygen atoms in total. The maximum atomic E-state index is 11.1. The number of carboxylic acids is 1. The van der Waals surface area contributed by atoms with Crippen LogP contribution in [0.4, 0.5) is 0 Å². The zero-order valence-corrected chi connectivity index (χ0v) is 16.1. The Kier molecular flexibility index (Phi) is 8.39. The van der Waals surface area contributed by atoms with E-state index in [-0.39, 0.29) is 5.97 Å². The predicted molar refractivity (Wildman–Crippen MR) is 101 cm³/mol. The predicted octanol–water partition coefficient (Wildman–Crippen LogP) is 4.46. The smallest absolute Gasteiger partial charge is 0.338 e. The summed E-state index contributed by atoms with van der Waals surface area (Å²) in [6, 6.07) is 14.2. The number of halogens is 2. The normalized spacial score (nSPS) is 9.41. The number of hydrogen-bond acceptors (Lipinski definition) is 3. The molecule has 2 rings (SSSR count). The fraction of sp³-hybridized carbons (Fsp3) is 0.125. The summed E-state index contributed by atoms with van der Waals surface area (Å²) in [6.45, 7) is 2.22. The van der Waals surface area contributed by atoms with Crippen LogP contribution in [0.1, 0.15) is 27.6 Å². The van der Waals surface area contributed by atoms with Crippen LogP contribution in [-0.4, -0.2) is 23.7 Å². The van der Waals surface area contributed by atoms with Gasteiger partial charge in [-0.3, -0.25) is 0 Å². The SMILES string of the molecule is CCOC(=O)c1ccc(I)cc1.O=C(O)c1ccccc1I. The average Bonchev–Trinajstić information content (AvgIpc) is 2.49. The standard InChI is InChI=1S/C9H9IO2.C7H5IO2/c1-2-12-9(11)7-3-5-8(10)6-4-7;8-6-4-2-1-3-5(6)7(9)10/h3-6H,2H2,1H3;1-4H,(H,9,10). The monoisotopic (exact) mass is 524 g/mol. The van der Waals surface area contributed by atoms with E-state index in [0.29, 0.717) is 17.7 Å². The fourth-order valence-electron chi connectivity index (χ4n) is 1.44. The topological polar surface area (TPSA) is 63.6 Å². The Balaban J connectivity index is 0.000000224. The van der Waals surface area contributed by atoms with E-state index >= 15 is 0 Å². The van der Waals surface area contributed by atoms with Crippen LogP contribution in [0, 0.1) is 7.14 Å². The molecule has 0 heterocycles. The van der Waals surface area contributed by atoms with Gasteiger partial charge in [-0.15, -0.1) is 0 Å². The molecule has 0 atom stereocenters. The minimum absolute atomic E-state index is 0.256. The van der Waals surface area contributed by atoms with Crippen LogP contribution in [0.25, 0.3) is 0 Å². The van der Waals surface area contributed by atoms with Gasteiger partial charge in [0.15, 0.2) is 0 Å². The Morgan fingerprint density at radius 1 is 1.05 bits per heavy atom. The number of carbonyl (C=O) groups excluding carboxylic acids is 1. The minimum atomic E-state index is -0.870. The second-order valence-corrected chi connectivity index (χ2v) is 6.42. The number of rotatable bonds is 3. The van der Waals surface area contributed by atoms with Gasteiger partial charge in [0.05, 0.1) is 17.7 Å². The minimum Gasteiger partial charge on any atom is -0.478 e. The Hall–Kier alpha value is -1.16. The lowest BCUT2D eigenvalue weighted by Gasteiger charge is -2.00. The molecule has 0 bridgehead atoms. The maximum Gasteiger partial charge on any atom is 0.338 e. The summed E-state index contributed by atoms with van der Waals surface area (Å²) in [5.41, 5.74) is 0.973. The molecular formula is C16H14I2O4. The van der Waals surface area contributed by atoms with Gasteiger partial charge < -0.3 is 9.84 Å². The van der Waals surface area contributed by atoms with Gasteiger partial charge >= 0.3 is 11.9 Å². The highest BCUT2D eigenvalue weighted by Crippen LogP contribution is 2.10. The van der Waals surface area contributed by atoms with Crippen LogP contribution in [0.5, 0.6) is 0 Å². The van der Waals surface area contributed by atoms with Gasteiger partial charge in [0.25, 0.3) is 0 Å². The van der Waals surface area contributed by atoms with Crippen LogP contribution >= 0.6 is 45.2 Å². The zero-order valence-electron chi connectivity index (χ0n) is 11.8. The summed E-state index contributed by atoms with van der Waals surface area (Å²) in [5, 5.41) is 8.56. The number of esters is 1. The molecule has 0 aliphatic rings. The van der Waals surface area contributed by atoms with Gasteiger partial charge in [-0.05, 0) is 88.5 Å². The first-order chi connectivity index (χ1) is 10.5. The highest BCUT2D eigenvalue weighted by Gasteiger charge is 2.04. The lowest BCUT2D eigenvalue weighted by molar-refractivity contribution is 0.0525. The first-order valence-corrected chi connectivity index (χ1v) is 8.52. The van der Waals surface area contributed by atoms with Crippen molar-refractivity contribution in [3.63, 3.8) is 0 Å². The third-order valence-corrected chi connectivity index (χ3v) is 4.12. The summed E-state index contributed by atoms with van der Waals surface area (Å²) in [4.78, 5) is 21.5. The molecule has 0 fully saturated rings. The van der Waals surface area contributed by atoms with E-state index in [1.807, 2.05) is 40.8 Å². The van der Waals surface area contributed by atoms with Gasteiger partial charge in [0, 0.05) is 7.14 Å². The lowest BCUT2D eigenvalue weighted by Crippen LogP contribution is -2.03. The molecule has 6 heteroatoms. The van der Waals surface area contributed by atoms with Crippen molar-refractivity contribution in [1.29, 1.82) is 0 Å². The van der Waals surface area contributed by atoms with Crippen molar-refractivity contribution in [3.8, 4) is 0 Å². The van der Waals surface area contributed by atoms with Crippen molar-refractivity contribution in [2.24, 2.45) is 0 Å². The van der Waals surface area contributed by atoms with Gasteiger partial charge in [0.1, 0.15) is 0 Å². The van der Waals surface area contributed by atoms with Crippen molar-refractivity contribution in [2.75, 3.05) is 6.61 Å². The van der Waals surface area contributed by atoms with Crippen LogP contribution in [0.2, 0.25) is 0 Å². The molecule has 0 unspecified atom stereocenters. The number of benzene rings is 2.